The lowest BCUT2D eigenvalue weighted by molar-refractivity contribution is 0.230. The Bertz CT molecular complexity index is 682. The van der Waals surface area contributed by atoms with Gasteiger partial charge in [-0.05, 0) is 44.9 Å². The molecule has 128 valence electrons. The molecule has 2 aromatic rings. The number of rotatable bonds is 5. The zero-order chi connectivity index (χ0) is 18.1. The highest BCUT2D eigenvalue weighted by Gasteiger charge is 2.01. The molecular formula is C18H24N4O2. The Morgan fingerprint density at radius 3 is 2.17 bits per heavy atom. The molecule has 6 nitrogen and oxygen atoms in total. The van der Waals surface area contributed by atoms with Gasteiger partial charge >= 0.3 is 0 Å². The lowest BCUT2D eigenvalue weighted by Crippen LogP contribution is -2.07. The number of hydrogen-bond donors (Lipinski definition) is 0. The van der Waals surface area contributed by atoms with Gasteiger partial charge in [-0.15, -0.1) is 15.3 Å². The Morgan fingerprint density at radius 1 is 1.00 bits per heavy atom. The highest BCUT2D eigenvalue weighted by atomic mass is 16.5. The molecule has 0 unspecified atom stereocenters. The minimum absolute atomic E-state index is 0.120. The molecule has 0 amide bonds. The second kappa shape index (κ2) is 9.39. The van der Waals surface area contributed by atoms with Crippen LogP contribution in [0.4, 0.5) is 0 Å². The standard InChI is InChI=1S/C10H14N2O.C8H10N2O/c1-7(2)9-5-10(12-11-6-9)13-8(3)4;1-6(2)7-4-5-8(11-3)10-9-7/h5-6,8H,1H2,2-4H3;4-5H,1H2,2-3H3. The summed E-state index contributed by atoms with van der Waals surface area (Å²) < 4.78 is 10.2. The smallest absolute Gasteiger partial charge is 0.234 e. The average Bonchev–Trinajstić information content (AvgIpc) is 2.55. The average molecular weight is 328 g/mol. The van der Waals surface area contributed by atoms with Crippen molar-refractivity contribution in [2.75, 3.05) is 7.11 Å². The lowest BCUT2D eigenvalue weighted by atomic mass is 10.2. The van der Waals surface area contributed by atoms with Crippen LogP contribution in [0.5, 0.6) is 11.8 Å². The van der Waals surface area contributed by atoms with Crippen molar-refractivity contribution in [3.63, 3.8) is 0 Å². The lowest BCUT2D eigenvalue weighted by Gasteiger charge is -2.08. The molecular weight excluding hydrogens is 304 g/mol. The van der Waals surface area contributed by atoms with Crippen molar-refractivity contribution in [2.24, 2.45) is 0 Å². The van der Waals surface area contributed by atoms with Crippen LogP contribution in [0.25, 0.3) is 11.1 Å². The zero-order valence-corrected chi connectivity index (χ0v) is 14.9. The fraction of sp³-hybridized carbons (Fsp3) is 0.333. The first-order valence-electron chi connectivity index (χ1n) is 7.52. The SMILES string of the molecule is C=C(C)c1ccc(OC)nn1.C=C(C)c1cnnc(OC(C)C)c1. The van der Waals surface area contributed by atoms with Crippen molar-refractivity contribution in [3.8, 4) is 11.8 Å². The Hall–Kier alpha value is -2.76. The van der Waals surface area contributed by atoms with E-state index in [1.165, 1.54) is 0 Å². The van der Waals surface area contributed by atoms with Crippen LogP contribution in [0.15, 0.2) is 37.6 Å². The Labute approximate surface area is 143 Å². The number of allylic oxidation sites excluding steroid dienone is 2. The first-order chi connectivity index (χ1) is 11.3. The van der Waals surface area contributed by atoms with E-state index in [1.54, 1.807) is 19.4 Å². The van der Waals surface area contributed by atoms with Crippen LogP contribution in [-0.4, -0.2) is 33.6 Å². The molecule has 2 rings (SSSR count). The maximum atomic E-state index is 5.39. The van der Waals surface area contributed by atoms with Crippen molar-refractivity contribution >= 4 is 11.1 Å². The minimum Gasteiger partial charge on any atom is -0.480 e. The van der Waals surface area contributed by atoms with Gasteiger partial charge in [0.1, 0.15) is 0 Å². The van der Waals surface area contributed by atoms with Gasteiger partial charge < -0.3 is 9.47 Å². The van der Waals surface area contributed by atoms with Crippen molar-refractivity contribution in [1.29, 1.82) is 0 Å². The molecule has 0 N–H and O–H groups in total. The normalized spacial score (nSPS) is 9.75. The number of ether oxygens (including phenoxy) is 2. The second-order valence-electron chi connectivity index (χ2n) is 5.47. The highest BCUT2D eigenvalue weighted by Crippen LogP contribution is 2.15. The van der Waals surface area contributed by atoms with Gasteiger partial charge in [0, 0.05) is 17.7 Å². The van der Waals surface area contributed by atoms with Gasteiger partial charge in [-0.3, -0.25) is 0 Å². The van der Waals surface area contributed by atoms with Crippen LogP contribution in [0.2, 0.25) is 0 Å². The van der Waals surface area contributed by atoms with Gasteiger partial charge in [-0.1, -0.05) is 13.2 Å². The second-order valence-corrected chi connectivity index (χ2v) is 5.47. The van der Waals surface area contributed by atoms with Gasteiger partial charge in [-0.2, -0.15) is 5.10 Å². The molecule has 0 radical (unpaired) electrons. The van der Waals surface area contributed by atoms with Crippen LogP contribution in [0.1, 0.15) is 39.0 Å². The zero-order valence-electron chi connectivity index (χ0n) is 14.9. The molecule has 0 saturated carbocycles. The molecule has 0 bridgehead atoms. The molecule has 0 aliphatic heterocycles. The molecule has 0 aliphatic rings. The Balaban J connectivity index is 0.000000243. The molecule has 2 heterocycles. The molecule has 0 fully saturated rings. The van der Waals surface area contributed by atoms with Crippen LogP contribution in [-0.2, 0) is 0 Å². The van der Waals surface area contributed by atoms with Crippen molar-refractivity contribution < 1.29 is 9.47 Å². The summed E-state index contributed by atoms with van der Waals surface area (Å²) in [6.45, 7) is 15.3. The number of aromatic nitrogens is 4. The number of methoxy groups -OCH3 is 1. The van der Waals surface area contributed by atoms with E-state index < -0.39 is 0 Å². The quantitative estimate of drug-likeness (QED) is 0.831. The van der Waals surface area contributed by atoms with Gasteiger partial charge in [0.2, 0.25) is 11.8 Å². The van der Waals surface area contributed by atoms with Crippen molar-refractivity contribution in [1.82, 2.24) is 20.4 Å². The summed E-state index contributed by atoms with van der Waals surface area (Å²) in [5.41, 5.74) is 3.63. The number of nitrogens with zero attached hydrogens (tertiary/aromatic N) is 4. The van der Waals surface area contributed by atoms with E-state index >= 15 is 0 Å². The summed E-state index contributed by atoms with van der Waals surface area (Å²) in [5, 5.41) is 15.3. The number of hydrogen-bond acceptors (Lipinski definition) is 6. The van der Waals surface area contributed by atoms with E-state index in [0.29, 0.717) is 11.8 Å². The fourth-order valence-corrected chi connectivity index (χ4v) is 1.54. The monoisotopic (exact) mass is 328 g/mol. The fourth-order valence-electron chi connectivity index (χ4n) is 1.54. The molecule has 0 aliphatic carbocycles. The van der Waals surface area contributed by atoms with Crippen molar-refractivity contribution in [2.45, 2.75) is 33.8 Å². The van der Waals surface area contributed by atoms with Gasteiger partial charge in [-0.25, -0.2) is 0 Å². The third kappa shape index (κ3) is 6.56. The van der Waals surface area contributed by atoms with E-state index in [1.807, 2.05) is 39.8 Å². The van der Waals surface area contributed by atoms with Gasteiger partial charge in [0.15, 0.2) is 0 Å². The Kier molecular flexibility index (Phi) is 7.55. The summed E-state index contributed by atoms with van der Waals surface area (Å²) >= 11 is 0. The predicted molar refractivity (Wildman–Crippen MR) is 95.8 cm³/mol. The van der Waals surface area contributed by atoms with E-state index in [9.17, 15) is 0 Å². The molecule has 0 spiro atoms. The third-order valence-electron chi connectivity index (χ3n) is 2.77. The van der Waals surface area contributed by atoms with Crippen LogP contribution >= 0.6 is 0 Å². The first kappa shape index (κ1) is 19.3. The van der Waals surface area contributed by atoms with Crippen LogP contribution in [0.3, 0.4) is 0 Å². The third-order valence-corrected chi connectivity index (χ3v) is 2.77. The predicted octanol–water partition coefficient (Wildman–Crippen LogP) is 3.82. The van der Waals surface area contributed by atoms with Crippen LogP contribution < -0.4 is 9.47 Å². The molecule has 0 saturated heterocycles. The first-order valence-corrected chi connectivity index (χ1v) is 7.52. The molecule has 0 aromatic carbocycles. The Morgan fingerprint density at radius 2 is 1.71 bits per heavy atom. The minimum atomic E-state index is 0.120. The maximum Gasteiger partial charge on any atom is 0.234 e. The summed E-state index contributed by atoms with van der Waals surface area (Å²) in [6.07, 6.45) is 1.80. The van der Waals surface area contributed by atoms with Crippen LogP contribution in [0, 0.1) is 0 Å². The van der Waals surface area contributed by atoms with Gasteiger partial charge in [0.25, 0.3) is 0 Å². The van der Waals surface area contributed by atoms with E-state index in [4.69, 9.17) is 9.47 Å². The van der Waals surface area contributed by atoms with E-state index in [0.717, 1.165) is 22.4 Å². The van der Waals surface area contributed by atoms with Crippen molar-refractivity contribution in [3.05, 3.63) is 48.8 Å². The summed E-state index contributed by atoms with van der Waals surface area (Å²) in [7, 11) is 1.56. The summed E-state index contributed by atoms with van der Waals surface area (Å²) in [6, 6.07) is 5.43. The molecule has 6 heteroatoms. The largest absolute Gasteiger partial charge is 0.480 e. The molecule has 24 heavy (non-hydrogen) atoms. The topological polar surface area (TPSA) is 70.0 Å². The molecule has 0 atom stereocenters. The summed E-state index contributed by atoms with van der Waals surface area (Å²) in [5.74, 6) is 1.07. The maximum absolute atomic E-state index is 5.39. The van der Waals surface area contributed by atoms with E-state index in [2.05, 4.69) is 33.6 Å². The highest BCUT2D eigenvalue weighted by molar-refractivity contribution is 5.60. The molecule has 2 aromatic heterocycles. The van der Waals surface area contributed by atoms with E-state index in [-0.39, 0.29) is 6.10 Å². The van der Waals surface area contributed by atoms with Gasteiger partial charge in [0.05, 0.1) is 25.1 Å². The summed E-state index contributed by atoms with van der Waals surface area (Å²) in [4.78, 5) is 0.